The van der Waals surface area contributed by atoms with Crippen LogP contribution < -0.4 is 5.32 Å². The highest BCUT2D eigenvalue weighted by Crippen LogP contribution is 2.23. The Balaban J connectivity index is 2.71. The van der Waals surface area contributed by atoms with Crippen molar-refractivity contribution in [2.45, 2.75) is 13.3 Å². The molecule has 0 unspecified atom stereocenters. The van der Waals surface area contributed by atoms with Gasteiger partial charge in [0, 0.05) is 13.6 Å². The topological polar surface area (TPSA) is 89.9 Å². The fourth-order valence-electron chi connectivity index (χ4n) is 1.51. The van der Waals surface area contributed by atoms with Gasteiger partial charge in [0.25, 0.3) is 5.91 Å². The van der Waals surface area contributed by atoms with E-state index in [1.807, 2.05) is 6.92 Å². The molecule has 0 radical (unpaired) electrons. The quantitative estimate of drug-likeness (QED) is 0.684. The number of likely N-dealkylation sites (N-methyl/N-ethyl adjacent to an activating group) is 1. The van der Waals surface area contributed by atoms with Crippen molar-refractivity contribution >= 4 is 11.8 Å². The number of nitrogens with one attached hydrogen (secondary N) is 1. The molecule has 2 amide bonds. The summed E-state index contributed by atoms with van der Waals surface area (Å²) in [5.41, 5.74) is -0.0363. The molecule has 3 N–H and O–H groups in total. The molecule has 0 heterocycles. The molecule has 104 valence electrons. The Bertz CT molecular complexity index is 474. The standard InChI is InChI=1S/C13H18N2O4/c1-3-6-14-12(18)8-15(2)13(19)10-7-9(16)4-5-11(10)17/h4-5,7,16-17H,3,6,8H2,1-2H3,(H,14,18). The molecule has 1 rings (SSSR count). The maximum atomic E-state index is 12.0. The summed E-state index contributed by atoms with van der Waals surface area (Å²) in [6.07, 6.45) is 0.816. The first-order chi connectivity index (χ1) is 8.95. The number of carbonyl (C=O) groups excluding carboxylic acids is 2. The molecule has 0 aliphatic rings. The molecule has 0 atom stereocenters. The third kappa shape index (κ3) is 4.17. The van der Waals surface area contributed by atoms with Crippen molar-refractivity contribution in [3.8, 4) is 11.5 Å². The Hall–Kier alpha value is -2.24. The molecule has 6 nitrogen and oxygen atoms in total. The zero-order valence-corrected chi connectivity index (χ0v) is 11.0. The third-order valence-electron chi connectivity index (χ3n) is 2.51. The molecule has 6 heteroatoms. The zero-order valence-electron chi connectivity index (χ0n) is 11.0. The van der Waals surface area contributed by atoms with Gasteiger partial charge in [-0.3, -0.25) is 9.59 Å². The second kappa shape index (κ2) is 6.63. The van der Waals surface area contributed by atoms with Crippen molar-refractivity contribution in [2.24, 2.45) is 0 Å². The summed E-state index contributed by atoms with van der Waals surface area (Å²) < 4.78 is 0. The number of hydrogen-bond acceptors (Lipinski definition) is 4. The van der Waals surface area contributed by atoms with Crippen LogP contribution in [0.15, 0.2) is 18.2 Å². The summed E-state index contributed by atoms with van der Waals surface area (Å²) in [6.45, 7) is 2.38. The minimum Gasteiger partial charge on any atom is -0.508 e. The summed E-state index contributed by atoms with van der Waals surface area (Å²) in [4.78, 5) is 24.7. The van der Waals surface area contributed by atoms with E-state index in [-0.39, 0.29) is 29.5 Å². The van der Waals surface area contributed by atoms with Crippen LogP contribution in [0.4, 0.5) is 0 Å². The number of aromatic hydroxyl groups is 2. The van der Waals surface area contributed by atoms with E-state index < -0.39 is 5.91 Å². The van der Waals surface area contributed by atoms with Crippen LogP contribution in [0.25, 0.3) is 0 Å². The molecule has 0 aliphatic carbocycles. The molecule has 1 aromatic carbocycles. The number of phenols is 2. The smallest absolute Gasteiger partial charge is 0.257 e. The van der Waals surface area contributed by atoms with Crippen LogP contribution in [0.1, 0.15) is 23.7 Å². The van der Waals surface area contributed by atoms with E-state index in [0.29, 0.717) is 6.54 Å². The summed E-state index contributed by atoms with van der Waals surface area (Å²) >= 11 is 0. The van der Waals surface area contributed by atoms with Crippen LogP contribution >= 0.6 is 0 Å². The van der Waals surface area contributed by atoms with Crippen molar-refractivity contribution in [1.29, 1.82) is 0 Å². The van der Waals surface area contributed by atoms with Crippen molar-refractivity contribution < 1.29 is 19.8 Å². The molecule has 0 fully saturated rings. The largest absolute Gasteiger partial charge is 0.508 e. The first-order valence-electron chi connectivity index (χ1n) is 5.99. The molecule has 0 bridgehead atoms. The first kappa shape index (κ1) is 14.8. The highest BCUT2D eigenvalue weighted by Gasteiger charge is 2.18. The molecule has 0 saturated heterocycles. The predicted octanol–water partition coefficient (Wildman–Crippen LogP) is 0.696. The average molecular weight is 266 g/mol. The van der Waals surface area contributed by atoms with Gasteiger partial charge in [0.1, 0.15) is 11.5 Å². The van der Waals surface area contributed by atoms with Gasteiger partial charge in [-0.05, 0) is 24.6 Å². The lowest BCUT2D eigenvalue weighted by Gasteiger charge is -2.17. The minimum absolute atomic E-state index is 0.0363. The van der Waals surface area contributed by atoms with Crippen LogP contribution in [-0.4, -0.2) is 47.1 Å². The van der Waals surface area contributed by atoms with E-state index in [4.69, 9.17) is 0 Å². The molecule has 0 aliphatic heterocycles. The van der Waals surface area contributed by atoms with Gasteiger partial charge in [-0.2, -0.15) is 0 Å². The minimum atomic E-state index is -0.528. The van der Waals surface area contributed by atoms with Gasteiger partial charge in [-0.15, -0.1) is 0 Å². The number of phenolic OH excluding ortho intramolecular Hbond substituents is 2. The Morgan fingerprint density at radius 2 is 2.00 bits per heavy atom. The van der Waals surface area contributed by atoms with E-state index in [9.17, 15) is 19.8 Å². The Morgan fingerprint density at radius 3 is 2.63 bits per heavy atom. The number of amides is 2. The first-order valence-corrected chi connectivity index (χ1v) is 5.99. The normalized spacial score (nSPS) is 10.0. The summed E-state index contributed by atoms with van der Waals surface area (Å²) in [7, 11) is 1.46. The number of rotatable bonds is 5. The fraction of sp³-hybridized carbons (Fsp3) is 0.385. The lowest BCUT2D eigenvalue weighted by atomic mass is 10.1. The maximum Gasteiger partial charge on any atom is 0.257 e. The van der Waals surface area contributed by atoms with Gasteiger partial charge in [0.2, 0.25) is 5.91 Å². The van der Waals surface area contributed by atoms with Crippen LogP contribution in [0.5, 0.6) is 11.5 Å². The van der Waals surface area contributed by atoms with E-state index in [0.717, 1.165) is 12.5 Å². The summed E-state index contributed by atoms with van der Waals surface area (Å²) in [6, 6.07) is 3.67. The number of nitrogens with zero attached hydrogens (tertiary/aromatic N) is 1. The highest BCUT2D eigenvalue weighted by atomic mass is 16.3. The van der Waals surface area contributed by atoms with Crippen molar-refractivity contribution in [3.05, 3.63) is 23.8 Å². The van der Waals surface area contributed by atoms with Gasteiger partial charge in [0.15, 0.2) is 0 Å². The zero-order chi connectivity index (χ0) is 14.4. The molecule has 0 spiro atoms. The summed E-state index contributed by atoms with van der Waals surface area (Å²) in [5.74, 6) is -1.15. The molecular weight excluding hydrogens is 248 g/mol. The maximum absolute atomic E-state index is 12.0. The van der Waals surface area contributed by atoms with E-state index in [1.165, 1.54) is 24.1 Å². The number of hydrogen-bond donors (Lipinski definition) is 3. The van der Waals surface area contributed by atoms with Gasteiger partial charge >= 0.3 is 0 Å². The molecule has 0 saturated carbocycles. The Kier molecular flexibility index (Phi) is 5.17. The molecule has 1 aromatic rings. The second-order valence-electron chi connectivity index (χ2n) is 4.21. The predicted molar refractivity (Wildman–Crippen MR) is 70.0 cm³/mol. The summed E-state index contributed by atoms with van der Waals surface area (Å²) in [5, 5.41) is 21.5. The lowest BCUT2D eigenvalue weighted by Crippen LogP contribution is -2.38. The molecule has 19 heavy (non-hydrogen) atoms. The van der Waals surface area contributed by atoms with E-state index in [1.54, 1.807) is 0 Å². The van der Waals surface area contributed by atoms with Gasteiger partial charge in [-0.1, -0.05) is 6.92 Å². The Labute approximate surface area is 111 Å². The fourth-order valence-corrected chi connectivity index (χ4v) is 1.51. The third-order valence-corrected chi connectivity index (χ3v) is 2.51. The van der Waals surface area contributed by atoms with Crippen LogP contribution in [0.2, 0.25) is 0 Å². The van der Waals surface area contributed by atoms with Crippen LogP contribution in [0.3, 0.4) is 0 Å². The van der Waals surface area contributed by atoms with Gasteiger partial charge in [-0.25, -0.2) is 0 Å². The van der Waals surface area contributed by atoms with Crippen LogP contribution in [0, 0.1) is 0 Å². The van der Waals surface area contributed by atoms with E-state index >= 15 is 0 Å². The molecular formula is C13H18N2O4. The highest BCUT2D eigenvalue weighted by molar-refractivity contribution is 5.98. The number of carbonyl (C=O) groups is 2. The van der Waals surface area contributed by atoms with Crippen molar-refractivity contribution in [3.63, 3.8) is 0 Å². The second-order valence-corrected chi connectivity index (χ2v) is 4.21. The number of benzene rings is 1. The lowest BCUT2D eigenvalue weighted by molar-refractivity contribution is -0.121. The average Bonchev–Trinajstić information content (AvgIpc) is 2.38. The monoisotopic (exact) mass is 266 g/mol. The van der Waals surface area contributed by atoms with Crippen molar-refractivity contribution in [2.75, 3.05) is 20.1 Å². The Morgan fingerprint density at radius 1 is 1.32 bits per heavy atom. The van der Waals surface area contributed by atoms with Crippen LogP contribution in [-0.2, 0) is 4.79 Å². The van der Waals surface area contributed by atoms with E-state index in [2.05, 4.69) is 5.32 Å². The van der Waals surface area contributed by atoms with Gasteiger partial charge in [0.05, 0.1) is 12.1 Å². The molecule has 0 aromatic heterocycles. The van der Waals surface area contributed by atoms with Gasteiger partial charge < -0.3 is 20.4 Å². The SMILES string of the molecule is CCCNC(=O)CN(C)C(=O)c1cc(O)ccc1O. The van der Waals surface area contributed by atoms with Crippen molar-refractivity contribution in [1.82, 2.24) is 10.2 Å².